The summed E-state index contributed by atoms with van der Waals surface area (Å²) in [5.41, 5.74) is 0. The molecule has 21 heavy (non-hydrogen) atoms. The molecule has 0 saturated carbocycles. The molecular weight excluding hydrogens is 315 g/mol. The number of hydrogen-bond donors (Lipinski definition) is 0. The van der Waals surface area contributed by atoms with Gasteiger partial charge in [-0.25, -0.2) is 0 Å². The van der Waals surface area contributed by atoms with Gasteiger partial charge in [0.2, 0.25) is 0 Å². The third-order valence-corrected chi connectivity index (χ3v) is 2.83. The fourth-order valence-corrected chi connectivity index (χ4v) is 1.65. The standard InChI is InChI=1S/C15H24Cl2O4/c1-3-4-5-6-8-12(2)21-15(19)10-7-9-14(18)20-11-13(16)17/h6,8,12-13H,3-5,7,9-11H2,1-2H3/b8-6+. The maximum absolute atomic E-state index is 11.5. The molecule has 0 fully saturated rings. The molecule has 0 rings (SSSR count). The molecule has 0 bridgehead atoms. The number of ether oxygens (including phenoxy) is 2. The second kappa shape index (κ2) is 13.0. The highest BCUT2D eigenvalue weighted by Gasteiger charge is 2.10. The Bertz CT molecular complexity index is 330. The van der Waals surface area contributed by atoms with Crippen LogP contribution in [0.1, 0.15) is 52.4 Å². The van der Waals surface area contributed by atoms with E-state index in [0.717, 1.165) is 19.3 Å². The van der Waals surface area contributed by atoms with E-state index in [2.05, 4.69) is 6.92 Å². The maximum atomic E-state index is 11.5. The van der Waals surface area contributed by atoms with Crippen LogP contribution >= 0.6 is 23.2 Å². The van der Waals surface area contributed by atoms with Crippen molar-refractivity contribution >= 4 is 35.1 Å². The van der Waals surface area contributed by atoms with Crippen molar-refractivity contribution in [3.8, 4) is 0 Å². The summed E-state index contributed by atoms with van der Waals surface area (Å²) >= 11 is 10.9. The third-order valence-electron chi connectivity index (χ3n) is 2.58. The average Bonchev–Trinajstić information content (AvgIpc) is 2.41. The lowest BCUT2D eigenvalue weighted by Gasteiger charge is -2.09. The zero-order valence-electron chi connectivity index (χ0n) is 12.6. The lowest BCUT2D eigenvalue weighted by atomic mass is 10.2. The molecule has 0 amide bonds. The summed E-state index contributed by atoms with van der Waals surface area (Å²) in [4.78, 5) is 22.1. The van der Waals surface area contributed by atoms with Gasteiger partial charge in [-0.2, -0.15) is 0 Å². The van der Waals surface area contributed by atoms with Crippen molar-refractivity contribution in [3.05, 3.63) is 12.2 Å². The molecule has 1 atom stereocenters. The van der Waals surface area contributed by atoms with E-state index >= 15 is 0 Å². The van der Waals surface area contributed by atoms with Crippen LogP contribution in [0.15, 0.2) is 12.2 Å². The van der Waals surface area contributed by atoms with Crippen molar-refractivity contribution in [2.75, 3.05) is 6.61 Å². The smallest absolute Gasteiger partial charge is 0.306 e. The Balaban J connectivity index is 3.70. The van der Waals surface area contributed by atoms with Crippen molar-refractivity contribution < 1.29 is 19.1 Å². The molecule has 0 aliphatic carbocycles. The van der Waals surface area contributed by atoms with Crippen molar-refractivity contribution in [3.63, 3.8) is 0 Å². The number of allylic oxidation sites excluding steroid dienone is 1. The first-order chi connectivity index (χ1) is 9.95. The summed E-state index contributed by atoms with van der Waals surface area (Å²) in [6.07, 6.45) is 7.65. The molecule has 0 heterocycles. The van der Waals surface area contributed by atoms with E-state index < -0.39 is 10.8 Å². The van der Waals surface area contributed by atoms with Gasteiger partial charge in [0, 0.05) is 12.8 Å². The first kappa shape index (κ1) is 20.3. The van der Waals surface area contributed by atoms with Gasteiger partial charge < -0.3 is 9.47 Å². The number of carbonyl (C=O) groups excluding carboxylic acids is 2. The molecule has 0 aliphatic rings. The van der Waals surface area contributed by atoms with Crippen LogP contribution in [-0.2, 0) is 19.1 Å². The highest BCUT2D eigenvalue weighted by molar-refractivity contribution is 6.44. The van der Waals surface area contributed by atoms with Crippen LogP contribution in [-0.4, -0.2) is 29.5 Å². The first-order valence-corrected chi connectivity index (χ1v) is 8.12. The van der Waals surface area contributed by atoms with Crippen LogP contribution in [0.2, 0.25) is 0 Å². The normalized spacial score (nSPS) is 12.6. The van der Waals surface area contributed by atoms with Crippen molar-refractivity contribution in [1.29, 1.82) is 0 Å². The van der Waals surface area contributed by atoms with Crippen molar-refractivity contribution in [2.24, 2.45) is 0 Å². The zero-order valence-corrected chi connectivity index (χ0v) is 14.2. The molecule has 0 spiro atoms. The molecule has 0 radical (unpaired) electrons. The Kier molecular flexibility index (Phi) is 12.5. The summed E-state index contributed by atoms with van der Waals surface area (Å²) in [7, 11) is 0. The van der Waals surface area contributed by atoms with E-state index in [-0.39, 0.29) is 31.5 Å². The number of halogens is 2. The quantitative estimate of drug-likeness (QED) is 0.245. The van der Waals surface area contributed by atoms with Crippen LogP contribution in [0, 0.1) is 0 Å². The Hall–Kier alpha value is -0.740. The largest absolute Gasteiger partial charge is 0.463 e. The van der Waals surface area contributed by atoms with E-state index in [1.807, 2.05) is 19.1 Å². The molecule has 0 aliphatic heterocycles. The van der Waals surface area contributed by atoms with E-state index in [4.69, 9.17) is 32.7 Å². The van der Waals surface area contributed by atoms with E-state index in [9.17, 15) is 9.59 Å². The van der Waals surface area contributed by atoms with Crippen molar-refractivity contribution in [1.82, 2.24) is 0 Å². The third kappa shape index (κ3) is 14.0. The molecule has 0 aromatic rings. The summed E-state index contributed by atoms with van der Waals surface area (Å²) in [5, 5.41) is 0. The highest BCUT2D eigenvalue weighted by atomic mass is 35.5. The van der Waals surface area contributed by atoms with Crippen molar-refractivity contribution in [2.45, 2.75) is 63.3 Å². The minimum Gasteiger partial charge on any atom is -0.463 e. The van der Waals surface area contributed by atoms with Gasteiger partial charge in [0.1, 0.15) is 17.5 Å². The lowest BCUT2D eigenvalue weighted by molar-refractivity contribution is -0.147. The summed E-state index contributed by atoms with van der Waals surface area (Å²) in [6, 6.07) is 0. The Labute approximate surface area is 136 Å². The first-order valence-electron chi connectivity index (χ1n) is 7.25. The molecule has 0 N–H and O–H groups in total. The predicted molar refractivity (Wildman–Crippen MR) is 84.5 cm³/mol. The van der Waals surface area contributed by atoms with E-state index in [1.165, 1.54) is 0 Å². The van der Waals surface area contributed by atoms with Crippen LogP contribution in [0.25, 0.3) is 0 Å². The minimum absolute atomic E-state index is 0.0357. The lowest BCUT2D eigenvalue weighted by Crippen LogP contribution is -2.14. The van der Waals surface area contributed by atoms with Crippen LogP contribution < -0.4 is 0 Å². The van der Waals surface area contributed by atoms with Gasteiger partial charge >= 0.3 is 11.9 Å². The van der Waals surface area contributed by atoms with Crippen LogP contribution in [0.5, 0.6) is 0 Å². The molecule has 1 unspecified atom stereocenters. The molecule has 4 nitrogen and oxygen atoms in total. The second-order valence-electron chi connectivity index (χ2n) is 4.69. The van der Waals surface area contributed by atoms with Crippen LogP contribution in [0.3, 0.4) is 0 Å². The summed E-state index contributed by atoms with van der Waals surface area (Å²) in [5.74, 6) is -0.732. The van der Waals surface area contributed by atoms with Gasteiger partial charge in [-0.1, -0.05) is 25.8 Å². The fraction of sp³-hybridized carbons (Fsp3) is 0.733. The van der Waals surface area contributed by atoms with Gasteiger partial charge in [0.15, 0.2) is 0 Å². The van der Waals surface area contributed by atoms with E-state index in [0.29, 0.717) is 6.42 Å². The average molecular weight is 339 g/mol. The van der Waals surface area contributed by atoms with Gasteiger partial charge in [-0.05, 0) is 25.8 Å². The van der Waals surface area contributed by atoms with Gasteiger partial charge in [-0.3, -0.25) is 9.59 Å². The Morgan fingerprint density at radius 3 is 2.43 bits per heavy atom. The van der Waals surface area contributed by atoms with Gasteiger partial charge in [0.05, 0.1) is 0 Å². The molecule has 6 heteroatoms. The molecule has 0 saturated heterocycles. The predicted octanol–water partition coefficient (Wildman–Crippen LogP) is 4.18. The fourth-order valence-electron chi connectivity index (χ4n) is 1.52. The maximum Gasteiger partial charge on any atom is 0.306 e. The molecule has 0 aromatic carbocycles. The number of hydrogen-bond acceptors (Lipinski definition) is 4. The van der Waals surface area contributed by atoms with Gasteiger partial charge in [0.25, 0.3) is 0 Å². The number of rotatable bonds is 11. The zero-order chi connectivity index (χ0) is 16.1. The van der Waals surface area contributed by atoms with E-state index in [1.54, 1.807) is 0 Å². The SMILES string of the molecule is CCCC/C=C/C(C)OC(=O)CCCC(=O)OCC(Cl)Cl. The monoisotopic (exact) mass is 338 g/mol. The Morgan fingerprint density at radius 2 is 1.81 bits per heavy atom. The number of carbonyl (C=O) groups is 2. The van der Waals surface area contributed by atoms with Gasteiger partial charge in [-0.15, -0.1) is 23.2 Å². The highest BCUT2D eigenvalue weighted by Crippen LogP contribution is 2.06. The second-order valence-corrected chi connectivity index (χ2v) is 5.97. The molecule has 122 valence electrons. The molecular formula is C15H24Cl2O4. The topological polar surface area (TPSA) is 52.6 Å². The number of unbranched alkanes of at least 4 members (excludes halogenated alkanes) is 2. The van der Waals surface area contributed by atoms with Crippen LogP contribution in [0.4, 0.5) is 0 Å². The number of esters is 2. The summed E-state index contributed by atoms with van der Waals surface area (Å²) in [6.45, 7) is 3.91. The summed E-state index contributed by atoms with van der Waals surface area (Å²) < 4.78 is 9.97. The Morgan fingerprint density at radius 1 is 1.14 bits per heavy atom. The minimum atomic E-state index is -0.723. The number of alkyl halides is 2. The molecule has 0 aromatic heterocycles.